The largest absolute Gasteiger partial charge is 0.497 e. The van der Waals surface area contributed by atoms with Gasteiger partial charge in [0, 0.05) is 0 Å². The van der Waals surface area contributed by atoms with E-state index < -0.39 is 5.97 Å². The van der Waals surface area contributed by atoms with Gasteiger partial charge in [0.15, 0.2) is 0 Å². The first-order valence-electron chi connectivity index (χ1n) is 6.06. The third-order valence-corrected chi connectivity index (χ3v) is 3.03. The molecular formula is C15H13ClN2O3. The normalized spacial score (nSPS) is 10.6. The molecule has 2 aromatic carbocycles. The molecule has 2 N–H and O–H groups in total. The van der Waals surface area contributed by atoms with Crippen molar-refractivity contribution in [2.24, 2.45) is 5.10 Å². The van der Waals surface area contributed by atoms with Gasteiger partial charge in [-0.05, 0) is 35.9 Å². The SMILES string of the molecule is COc1cccc(C=NNc2ccc(Cl)c(C(=O)O)c2)c1. The van der Waals surface area contributed by atoms with E-state index in [2.05, 4.69) is 10.5 Å². The Hall–Kier alpha value is -2.53. The highest BCUT2D eigenvalue weighted by atomic mass is 35.5. The summed E-state index contributed by atoms with van der Waals surface area (Å²) in [7, 11) is 1.59. The molecule has 0 aliphatic rings. The number of ether oxygens (including phenoxy) is 1. The van der Waals surface area contributed by atoms with E-state index in [1.165, 1.54) is 12.1 Å². The number of halogens is 1. The van der Waals surface area contributed by atoms with Crippen molar-refractivity contribution in [3.63, 3.8) is 0 Å². The second-order valence-corrected chi connectivity index (χ2v) is 4.55. The molecule has 2 rings (SSSR count). The topological polar surface area (TPSA) is 70.9 Å². The lowest BCUT2D eigenvalue weighted by Crippen LogP contribution is -1.99. The molecule has 0 fully saturated rings. The molecule has 0 atom stereocenters. The third-order valence-electron chi connectivity index (χ3n) is 2.70. The van der Waals surface area contributed by atoms with E-state index in [4.69, 9.17) is 21.4 Å². The molecule has 108 valence electrons. The van der Waals surface area contributed by atoms with Crippen LogP contribution in [0, 0.1) is 0 Å². The van der Waals surface area contributed by atoms with Gasteiger partial charge in [-0.25, -0.2) is 4.79 Å². The number of aromatic carboxylic acids is 1. The van der Waals surface area contributed by atoms with Crippen LogP contribution in [0.1, 0.15) is 15.9 Å². The number of nitrogens with zero attached hydrogens (tertiary/aromatic N) is 1. The summed E-state index contributed by atoms with van der Waals surface area (Å²) in [4.78, 5) is 11.0. The number of hydrogen-bond acceptors (Lipinski definition) is 4. The lowest BCUT2D eigenvalue weighted by Gasteiger charge is -2.04. The van der Waals surface area contributed by atoms with E-state index in [0.29, 0.717) is 5.69 Å². The van der Waals surface area contributed by atoms with Crippen LogP contribution in [0.3, 0.4) is 0 Å². The van der Waals surface area contributed by atoms with Crippen LogP contribution in [0.15, 0.2) is 47.6 Å². The number of hydrazone groups is 1. The van der Waals surface area contributed by atoms with E-state index in [1.54, 1.807) is 19.4 Å². The van der Waals surface area contributed by atoms with Gasteiger partial charge in [0.25, 0.3) is 0 Å². The van der Waals surface area contributed by atoms with E-state index >= 15 is 0 Å². The van der Waals surface area contributed by atoms with Gasteiger partial charge in [0.2, 0.25) is 0 Å². The maximum absolute atomic E-state index is 11.0. The van der Waals surface area contributed by atoms with Crippen LogP contribution >= 0.6 is 11.6 Å². The molecule has 0 amide bonds. The van der Waals surface area contributed by atoms with Crippen LogP contribution in [0.2, 0.25) is 5.02 Å². The second-order valence-electron chi connectivity index (χ2n) is 4.15. The molecule has 0 aliphatic carbocycles. The lowest BCUT2D eigenvalue weighted by molar-refractivity contribution is 0.0697. The average Bonchev–Trinajstić information content (AvgIpc) is 2.49. The molecule has 5 nitrogen and oxygen atoms in total. The van der Waals surface area contributed by atoms with Crippen molar-refractivity contribution in [2.75, 3.05) is 12.5 Å². The predicted molar refractivity (Wildman–Crippen MR) is 82.6 cm³/mol. The number of methoxy groups -OCH3 is 1. The van der Waals surface area contributed by atoms with Crippen LogP contribution in [0.4, 0.5) is 5.69 Å². The first-order chi connectivity index (χ1) is 10.1. The molecule has 0 radical (unpaired) electrons. The van der Waals surface area contributed by atoms with Gasteiger partial charge >= 0.3 is 5.97 Å². The fourth-order valence-corrected chi connectivity index (χ4v) is 1.86. The minimum Gasteiger partial charge on any atom is -0.497 e. The molecule has 0 heterocycles. The minimum atomic E-state index is -1.08. The summed E-state index contributed by atoms with van der Waals surface area (Å²) in [6.07, 6.45) is 1.61. The maximum Gasteiger partial charge on any atom is 0.337 e. The molecule has 0 aliphatic heterocycles. The van der Waals surface area contributed by atoms with Crippen LogP contribution < -0.4 is 10.2 Å². The second kappa shape index (κ2) is 6.76. The number of carboxylic acids is 1. The number of anilines is 1. The highest BCUT2D eigenvalue weighted by Crippen LogP contribution is 2.20. The molecule has 0 spiro atoms. The highest BCUT2D eigenvalue weighted by Gasteiger charge is 2.08. The highest BCUT2D eigenvalue weighted by molar-refractivity contribution is 6.33. The van der Waals surface area contributed by atoms with Gasteiger partial charge in [0.05, 0.1) is 29.6 Å². The van der Waals surface area contributed by atoms with E-state index in [1.807, 2.05) is 24.3 Å². The summed E-state index contributed by atoms with van der Waals surface area (Å²) in [6.45, 7) is 0. The van der Waals surface area contributed by atoms with Crippen LogP contribution in [-0.2, 0) is 0 Å². The number of benzene rings is 2. The smallest absolute Gasteiger partial charge is 0.337 e. The summed E-state index contributed by atoms with van der Waals surface area (Å²) in [5.41, 5.74) is 4.18. The lowest BCUT2D eigenvalue weighted by atomic mass is 10.2. The first-order valence-corrected chi connectivity index (χ1v) is 6.44. The fraction of sp³-hybridized carbons (Fsp3) is 0.0667. The maximum atomic E-state index is 11.0. The van der Waals surface area contributed by atoms with Crippen molar-refractivity contribution in [3.05, 3.63) is 58.6 Å². The van der Waals surface area contributed by atoms with Gasteiger partial charge in [-0.2, -0.15) is 5.10 Å². The monoisotopic (exact) mass is 304 g/mol. The molecule has 6 heteroatoms. The molecule has 0 unspecified atom stereocenters. The molecular weight excluding hydrogens is 292 g/mol. The fourth-order valence-electron chi connectivity index (χ4n) is 1.66. The summed E-state index contributed by atoms with van der Waals surface area (Å²) in [6, 6.07) is 12.0. The Bertz CT molecular complexity index is 686. The van der Waals surface area contributed by atoms with Crippen LogP contribution in [-0.4, -0.2) is 24.4 Å². The quantitative estimate of drug-likeness (QED) is 0.655. The third kappa shape index (κ3) is 3.97. The minimum absolute atomic E-state index is 0.0262. The number of hydrogen-bond donors (Lipinski definition) is 2. The molecule has 21 heavy (non-hydrogen) atoms. The van der Waals surface area contributed by atoms with E-state index in [-0.39, 0.29) is 10.6 Å². The first kappa shape index (κ1) is 14.9. The van der Waals surface area contributed by atoms with Gasteiger partial charge in [-0.15, -0.1) is 0 Å². The van der Waals surface area contributed by atoms with Crippen molar-refractivity contribution < 1.29 is 14.6 Å². The number of carboxylic acid groups (broad SMARTS) is 1. The molecule has 2 aromatic rings. The van der Waals surface area contributed by atoms with Crippen molar-refractivity contribution in [2.45, 2.75) is 0 Å². The Kier molecular flexibility index (Phi) is 4.79. The molecule has 0 saturated carbocycles. The summed E-state index contributed by atoms with van der Waals surface area (Å²) in [5, 5.41) is 13.2. The number of rotatable bonds is 5. The van der Waals surface area contributed by atoms with Gasteiger partial charge in [-0.3, -0.25) is 5.43 Å². The number of nitrogens with one attached hydrogen (secondary N) is 1. The number of carbonyl (C=O) groups is 1. The Morgan fingerprint density at radius 1 is 1.33 bits per heavy atom. The van der Waals surface area contributed by atoms with Crippen LogP contribution in [0.5, 0.6) is 5.75 Å². The molecule has 0 saturated heterocycles. The zero-order valence-corrected chi connectivity index (χ0v) is 12.0. The summed E-state index contributed by atoms with van der Waals surface area (Å²) in [5.74, 6) is -0.348. The van der Waals surface area contributed by atoms with Crippen molar-refractivity contribution >= 4 is 29.5 Å². The standard InChI is InChI=1S/C15H13ClN2O3/c1-21-12-4-2-3-10(7-12)9-17-18-11-5-6-14(16)13(8-11)15(19)20/h2-9,18H,1H3,(H,19,20). The van der Waals surface area contributed by atoms with E-state index in [0.717, 1.165) is 11.3 Å². The van der Waals surface area contributed by atoms with Crippen molar-refractivity contribution in [1.29, 1.82) is 0 Å². The van der Waals surface area contributed by atoms with E-state index in [9.17, 15) is 4.79 Å². The Balaban J connectivity index is 2.10. The molecule has 0 bridgehead atoms. The van der Waals surface area contributed by atoms with Crippen LogP contribution in [0.25, 0.3) is 0 Å². The van der Waals surface area contributed by atoms with Crippen molar-refractivity contribution in [3.8, 4) is 5.75 Å². The van der Waals surface area contributed by atoms with Gasteiger partial charge in [0.1, 0.15) is 5.75 Å². The zero-order valence-electron chi connectivity index (χ0n) is 11.2. The predicted octanol–water partition coefficient (Wildman–Crippen LogP) is 3.49. The molecule has 0 aromatic heterocycles. The Morgan fingerprint density at radius 3 is 2.86 bits per heavy atom. The zero-order chi connectivity index (χ0) is 15.2. The Labute approximate surface area is 126 Å². The van der Waals surface area contributed by atoms with Crippen molar-refractivity contribution in [1.82, 2.24) is 0 Å². The average molecular weight is 305 g/mol. The Morgan fingerprint density at radius 2 is 2.14 bits per heavy atom. The summed E-state index contributed by atoms with van der Waals surface area (Å²) < 4.78 is 5.11. The van der Waals surface area contributed by atoms with Gasteiger partial charge < -0.3 is 9.84 Å². The van der Waals surface area contributed by atoms with Gasteiger partial charge in [-0.1, -0.05) is 23.7 Å². The summed E-state index contributed by atoms with van der Waals surface area (Å²) >= 11 is 5.79.